The van der Waals surface area contributed by atoms with E-state index < -0.39 is 0 Å². The second-order valence-electron chi connectivity index (χ2n) is 4.63. The van der Waals surface area contributed by atoms with Gasteiger partial charge >= 0.3 is 0 Å². The Morgan fingerprint density at radius 1 is 1.04 bits per heavy atom. The molecule has 0 aliphatic carbocycles. The number of halogens is 2. The highest BCUT2D eigenvalue weighted by molar-refractivity contribution is 6.35. The molecule has 2 aromatic carbocycles. The van der Waals surface area contributed by atoms with Gasteiger partial charge < -0.3 is 20.1 Å². The van der Waals surface area contributed by atoms with Gasteiger partial charge in [-0.15, -0.1) is 0 Å². The van der Waals surface area contributed by atoms with Crippen LogP contribution >= 0.6 is 23.2 Å². The van der Waals surface area contributed by atoms with Gasteiger partial charge in [-0.25, -0.2) is 0 Å². The maximum atomic E-state index is 12.0. The van der Waals surface area contributed by atoms with Gasteiger partial charge in [0, 0.05) is 21.8 Å². The van der Waals surface area contributed by atoms with Gasteiger partial charge in [-0.1, -0.05) is 23.2 Å². The van der Waals surface area contributed by atoms with Crippen molar-refractivity contribution < 1.29 is 14.3 Å². The van der Waals surface area contributed by atoms with E-state index in [1.165, 1.54) is 0 Å². The average Bonchev–Trinajstić information content (AvgIpc) is 2.51. The molecule has 0 bridgehead atoms. The van der Waals surface area contributed by atoms with Crippen molar-refractivity contribution in [1.29, 1.82) is 0 Å². The molecule has 0 fully saturated rings. The Morgan fingerprint density at radius 2 is 1.74 bits per heavy atom. The van der Waals surface area contributed by atoms with E-state index in [0.29, 0.717) is 32.9 Å². The fourth-order valence-corrected chi connectivity index (χ4v) is 2.48. The van der Waals surface area contributed by atoms with Crippen LogP contribution in [0.4, 0.5) is 11.4 Å². The standard InChI is InChI=1S/C16H16Cl2N2O3/c1-22-13-3-4-15(23-2)14(8-13)19-9-16(21)20-12-6-10(17)5-11(18)7-12/h3-8,19H,9H2,1-2H3,(H,20,21). The van der Waals surface area contributed by atoms with Crippen LogP contribution in [-0.2, 0) is 4.79 Å². The minimum Gasteiger partial charge on any atom is -0.497 e. The predicted octanol–water partition coefficient (Wildman–Crippen LogP) is 4.06. The molecule has 0 aliphatic rings. The van der Waals surface area contributed by atoms with E-state index in [9.17, 15) is 4.79 Å². The minimum absolute atomic E-state index is 0.0493. The summed E-state index contributed by atoms with van der Waals surface area (Å²) >= 11 is 11.8. The lowest BCUT2D eigenvalue weighted by molar-refractivity contribution is -0.114. The molecule has 0 aromatic heterocycles. The maximum Gasteiger partial charge on any atom is 0.243 e. The van der Waals surface area contributed by atoms with Crippen LogP contribution in [0.25, 0.3) is 0 Å². The van der Waals surface area contributed by atoms with Gasteiger partial charge in [0.1, 0.15) is 11.5 Å². The third-order valence-electron chi connectivity index (χ3n) is 2.99. The highest BCUT2D eigenvalue weighted by atomic mass is 35.5. The van der Waals surface area contributed by atoms with Crippen molar-refractivity contribution in [3.05, 3.63) is 46.4 Å². The molecule has 0 spiro atoms. The van der Waals surface area contributed by atoms with E-state index in [-0.39, 0.29) is 12.5 Å². The summed E-state index contributed by atoms with van der Waals surface area (Å²) in [5.74, 6) is 1.04. The predicted molar refractivity (Wildman–Crippen MR) is 93.1 cm³/mol. The highest BCUT2D eigenvalue weighted by Gasteiger charge is 2.08. The molecule has 122 valence electrons. The topological polar surface area (TPSA) is 59.6 Å². The van der Waals surface area contributed by atoms with E-state index in [2.05, 4.69) is 10.6 Å². The van der Waals surface area contributed by atoms with E-state index >= 15 is 0 Å². The molecule has 2 rings (SSSR count). The second-order valence-corrected chi connectivity index (χ2v) is 5.50. The van der Waals surface area contributed by atoms with Crippen LogP contribution in [0.15, 0.2) is 36.4 Å². The molecular weight excluding hydrogens is 339 g/mol. The molecule has 7 heteroatoms. The number of hydrogen-bond donors (Lipinski definition) is 2. The summed E-state index contributed by atoms with van der Waals surface area (Å²) in [6.45, 7) is 0.0493. The van der Waals surface area contributed by atoms with Crippen LogP contribution in [0.3, 0.4) is 0 Å². The quantitative estimate of drug-likeness (QED) is 0.820. The SMILES string of the molecule is COc1ccc(OC)c(NCC(=O)Nc2cc(Cl)cc(Cl)c2)c1. The summed E-state index contributed by atoms with van der Waals surface area (Å²) < 4.78 is 10.4. The Balaban J connectivity index is 2.01. The highest BCUT2D eigenvalue weighted by Crippen LogP contribution is 2.28. The van der Waals surface area contributed by atoms with Crippen molar-refractivity contribution >= 4 is 40.5 Å². The van der Waals surface area contributed by atoms with Gasteiger partial charge in [0.05, 0.1) is 26.5 Å². The third-order valence-corrected chi connectivity index (χ3v) is 3.43. The van der Waals surface area contributed by atoms with E-state index in [4.69, 9.17) is 32.7 Å². The van der Waals surface area contributed by atoms with Crippen molar-refractivity contribution in [1.82, 2.24) is 0 Å². The van der Waals surface area contributed by atoms with Crippen LogP contribution < -0.4 is 20.1 Å². The summed E-state index contributed by atoms with van der Waals surface area (Å²) in [4.78, 5) is 12.0. The molecule has 0 radical (unpaired) electrons. The number of anilines is 2. The van der Waals surface area contributed by atoms with E-state index in [0.717, 1.165) is 0 Å². The zero-order chi connectivity index (χ0) is 16.8. The van der Waals surface area contributed by atoms with Gasteiger partial charge in [-0.05, 0) is 30.3 Å². The molecule has 23 heavy (non-hydrogen) atoms. The smallest absolute Gasteiger partial charge is 0.243 e. The van der Waals surface area contributed by atoms with Gasteiger partial charge in [-0.3, -0.25) is 4.79 Å². The van der Waals surface area contributed by atoms with Crippen LogP contribution in [0, 0.1) is 0 Å². The molecule has 0 saturated carbocycles. The summed E-state index contributed by atoms with van der Waals surface area (Å²) in [7, 11) is 3.13. The largest absolute Gasteiger partial charge is 0.497 e. The van der Waals surface area contributed by atoms with Crippen LogP contribution in [-0.4, -0.2) is 26.7 Å². The first-order valence-corrected chi connectivity index (χ1v) is 7.49. The number of amides is 1. The summed E-state index contributed by atoms with van der Waals surface area (Å²) in [5, 5.41) is 6.63. The molecule has 0 unspecified atom stereocenters. The zero-order valence-electron chi connectivity index (χ0n) is 12.7. The van der Waals surface area contributed by atoms with Gasteiger partial charge in [0.2, 0.25) is 5.91 Å². The summed E-state index contributed by atoms with van der Waals surface area (Å²) in [5.41, 5.74) is 1.19. The Labute approximate surface area is 144 Å². The first-order valence-electron chi connectivity index (χ1n) is 6.73. The Morgan fingerprint density at radius 3 is 2.35 bits per heavy atom. The molecule has 0 saturated heterocycles. The summed E-state index contributed by atoms with van der Waals surface area (Å²) in [6.07, 6.45) is 0. The molecule has 0 aliphatic heterocycles. The number of methoxy groups -OCH3 is 2. The van der Waals surface area contributed by atoms with E-state index in [1.807, 2.05) is 0 Å². The Kier molecular flexibility index (Phi) is 5.96. The fraction of sp³-hybridized carbons (Fsp3) is 0.188. The van der Waals surface area contributed by atoms with Crippen LogP contribution in [0.2, 0.25) is 10.0 Å². The third kappa shape index (κ3) is 4.94. The van der Waals surface area contributed by atoms with Crippen molar-refractivity contribution in [3.63, 3.8) is 0 Å². The second kappa shape index (κ2) is 7.94. The van der Waals surface area contributed by atoms with Crippen molar-refractivity contribution in [2.24, 2.45) is 0 Å². The minimum atomic E-state index is -0.242. The number of carbonyl (C=O) groups is 1. The van der Waals surface area contributed by atoms with Crippen LogP contribution in [0.1, 0.15) is 0 Å². The monoisotopic (exact) mass is 354 g/mol. The number of ether oxygens (including phenoxy) is 2. The zero-order valence-corrected chi connectivity index (χ0v) is 14.2. The van der Waals surface area contributed by atoms with E-state index in [1.54, 1.807) is 50.6 Å². The van der Waals surface area contributed by atoms with Crippen LogP contribution in [0.5, 0.6) is 11.5 Å². The first-order chi connectivity index (χ1) is 11.0. The number of benzene rings is 2. The lowest BCUT2D eigenvalue weighted by Gasteiger charge is -2.13. The maximum absolute atomic E-state index is 12.0. The van der Waals surface area contributed by atoms with Crippen molar-refractivity contribution in [3.8, 4) is 11.5 Å². The lowest BCUT2D eigenvalue weighted by atomic mass is 10.2. The molecule has 1 amide bonds. The molecule has 0 heterocycles. The van der Waals surface area contributed by atoms with Gasteiger partial charge in [-0.2, -0.15) is 0 Å². The normalized spacial score (nSPS) is 10.1. The first kappa shape index (κ1) is 17.2. The van der Waals surface area contributed by atoms with Crippen molar-refractivity contribution in [2.45, 2.75) is 0 Å². The molecule has 5 nitrogen and oxygen atoms in total. The molecular formula is C16H16Cl2N2O3. The lowest BCUT2D eigenvalue weighted by Crippen LogP contribution is -2.22. The number of rotatable bonds is 6. The Bertz CT molecular complexity index is 687. The number of carbonyl (C=O) groups excluding carboxylic acids is 1. The number of nitrogens with one attached hydrogen (secondary N) is 2. The average molecular weight is 355 g/mol. The molecule has 2 N–H and O–H groups in total. The number of hydrogen-bond acceptors (Lipinski definition) is 4. The fourth-order valence-electron chi connectivity index (χ4n) is 1.96. The van der Waals surface area contributed by atoms with Crippen molar-refractivity contribution in [2.75, 3.05) is 31.4 Å². The van der Waals surface area contributed by atoms with Gasteiger partial charge in [0.15, 0.2) is 0 Å². The Hall–Kier alpha value is -2.11. The van der Waals surface area contributed by atoms with Gasteiger partial charge in [0.25, 0.3) is 0 Å². The molecule has 2 aromatic rings. The summed E-state index contributed by atoms with van der Waals surface area (Å²) in [6, 6.07) is 10.1. The molecule has 0 atom stereocenters.